The molecule has 0 aliphatic heterocycles. The maximum absolute atomic E-state index is 5.59. The first-order valence-electron chi connectivity index (χ1n) is 6.06. The lowest BCUT2D eigenvalue weighted by Crippen LogP contribution is -2.30. The monoisotopic (exact) mass is 221 g/mol. The molecule has 0 unspecified atom stereocenters. The molecule has 0 aliphatic rings. The normalized spacial score (nSPS) is 11.4. The van der Waals surface area contributed by atoms with Crippen LogP contribution in [0.4, 0.5) is 0 Å². The fraction of sp³-hybridized carbons (Fsp3) is 0.615. The van der Waals surface area contributed by atoms with E-state index < -0.39 is 0 Å². The molecule has 0 saturated carbocycles. The Labute approximate surface area is 98.7 Å². The van der Waals surface area contributed by atoms with Crippen molar-refractivity contribution in [2.45, 2.75) is 45.8 Å². The summed E-state index contributed by atoms with van der Waals surface area (Å²) in [6, 6.07) is 6.72. The largest absolute Gasteiger partial charge is 0.325 e. The van der Waals surface area contributed by atoms with Crippen molar-refractivity contribution >= 4 is 0 Å². The Bertz CT molecular complexity index is 308. The molecule has 90 valence electrons. The van der Waals surface area contributed by atoms with E-state index in [0.717, 1.165) is 17.9 Å². The lowest BCUT2D eigenvalue weighted by molar-refractivity contribution is 0.219. The molecule has 0 aliphatic carbocycles. The predicted octanol–water partition coefficient (Wildman–Crippen LogP) is 2.16. The Morgan fingerprint density at radius 2 is 1.88 bits per heavy atom. The molecule has 16 heavy (non-hydrogen) atoms. The smallest absolute Gasteiger partial charge is 0.0547 e. The van der Waals surface area contributed by atoms with Gasteiger partial charge < -0.3 is 5.73 Å². The maximum atomic E-state index is 5.59. The number of nitrogens with zero attached hydrogens (tertiary/aromatic N) is 2. The number of hydrogen-bond donors (Lipinski definition) is 1. The minimum atomic E-state index is 0.516. The molecule has 2 N–H and O–H groups in total. The minimum Gasteiger partial charge on any atom is -0.325 e. The van der Waals surface area contributed by atoms with Gasteiger partial charge in [-0.3, -0.25) is 9.88 Å². The van der Waals surface area contributed by atoms with Crippen LogP contribution in [0.15, 0.2) is 18.2 Å². The lowest BCUT2D eigenvalue weighted by Gasteiger charge is -2.25. The van der Waals surface area contributed by atoms with Crippen LogP contribution in [0.2, 0.25) is 0 Å². The van der Waals surface area contributed by atoms with Crippen molar-refractivity contribution in [3.63, 3.8) is 0 Å². The van der Waals surface area contributed by atoms with Crippen molar-refractivity contribution in [3.8, 4) is 0 Å². The van der Waals surface area contributed by atoms with Gasteiger partial charge in [0.2, 0.25) is 0 Å². The molecule has 0 bridgehead atoms. The lowest BCUT2D eigenvalue weighted by atomic mass is 10.1. The second-order valence-corrected chi connectivity index (χ2v) is 4.21. The van der Waals surface area contributed by atoms with Gasteiger partial charge >= 0.3 is 0 Å². The predicted molar refractivity (Wildman–Crippen MR) is 68.0 cm³/mol. The Kier molecular flexibility index (Phi) is 5.43. The number of aromatic nitrogens is 1. The van der Waals surface area contributed by atoms with E-state index in [2.05, 4.69) is 36.8 Å². The van der Waals surface area contributed by atoms with E-state index in [1.54, 1.807) is 0 Å². The van der Waals surface area contributed by atoms with E-state index in [0.29, 0.717) is 12.6 Å². The molecule has 3 heteroatoms. The molecule has 1 heterocycles. The summed E-state index contributed by atoms with van der Waals surface area (Å²) in [5.74, 6) is 0. The number of nitrogens with two attached hydrogens (primary N) is 1. The van der Waals surface area contributed by atoms with Gasteiger partial charge in [0.25, 0.3) is 0 Å². The second kappa shape index (κ2) is 6.61. The van der Waals surface area contributed by atoms with Crippen molar-refractivity contribution in [2.75, 3.05) is 7.05 Å². The summed E-state index contributed by atoms with van der Waals surface area (Å²) >= 11 is 0. The van der Waals surface area contributed by atoms with Crippen LogP contribution in [0.25, 0.3) is 0 Å². The van der Waals surface area contributed by atoms with Crippen molar-refractivity contribution in [2.24, 2.45) is 5.73 Å². The van der Waals surface area contributed by atoms with Gasteiger partial charge in [-0.15, -0.1) is 0 Å². The zero-order valence-corrected chi connectivity index (χ0v) is 10.6. The van der Waals surface area contributed by atoms with Gasteiger partial charge in [0.15, 0.2) is 0 Å². The van der Waals surface area contributed by atoms with Gasteiger partial charge in [-0.2, -0.15) is 0 Å². The fourth-order valence-electron chi connectivity index (χ4n) is 2.03. The molecule has 1 aromatic heterocycles. The molecule has 1 aromatic rings. The molecule has 0 aromatic carbocycles. The van der Waals surface area contributed by atoms with E-state index in [1.165, 1.54) is 12.8 Å². The van der Waals surface area contributed by atoms with Crippen molar-refractivity contribution in [3.05, 3.63) is 29.6 Å². The van der Waals surface area contributed by atoms with E-state index in [-0.39, 0.29) is 0 Å². The third-order valence-electron chi connectivity index (χ3n) is 3.05. The van der Waals surface area contributed by atoms with Crippen LogP contribution in [-0.4, -0.2) is 23.0 Å². The second-order valence-electron chi connectivity index (χ2n) is 4.21. The topological polar surface area (TPSA) is 42.1 Å². The van der Waals surface area contributed by atoms with Crippen molar-refractivity contribution < 1.29 is 0 Å². The van der Waals surface area contributed by atoms with E-state index in [9.17, 15) is 0 Å². The van der Waals surface area contributed by atoms with Crippen LogP contribution >= 0.6 is 0 Å². The Morgan fingerprint density at radius 1 is 1.25 bits per heavy atom. The first-order valence-corrected chi connectivity index (χ1v) is 6.06. The number of rotatable bonds is 6. The first-order chi connectivity index (χ1) is 7.71. The summed E-state index contributed by atoms with van der Waals surface area (Å²) < 4.78 is 0. The van der Waals surface area contributed by atoms with Gasteiger partial charge in [-0.05, 0) is 32.0 Å². The zero-order valence-electron chi connectivity index (χ0n) is 10.6. The first kappa shape index (κ1) is 13.1. The third-order valence-corrected chi connectivity index (χ3v) is 3.05. The van der Waals surface area contributed by atoms with Gasteiger partial charge in [0.1, 0.15) is 0 Å². The van der Waals surface area contributed by atoms with Crippen LogP contribution in [-0.2, 0) is 13.1 Å². The summed E-state index contributed by atoms with van der Waals surface area (Å²) in [4.78, 5) is 6.88. The van der Waals surface area contributed by atoms with Crippen molar-refractivity contribution in [1.82, 2.24) is 9.88 Å². The quantitative estimate of drug-likeness (QED) is 0.800. The molecule has 0 spiro atoms. The standard InChI is InChI=1S/C13H23N3/c1-4-13(5-2)16(3)10-12-8-6-7-11(9-14)15-12/h6-8,13H,4-5,9-10,14H2,1-3H3. The molecule has 0 fully saturated rings. The van der Waals surface area contributed by atoms with Gasteiger partial charge in [-0.1, -0.05) is 19.9 Å². The number of hydrogen-bond acceptors (Lipinski definition) is 3. The molecule has 3 nitrogen and oxygen atoms in total. The summed E-state index contributed by atoms with van der Waals surface area (Å²) in [6.45, 7) is 5.88. The van der Waals surface area contributed by atoms with Crippen molar-refractivity contribution in [1.29, 1.82) is 0 Å². The summed E-state index contributed by atoms with van der Waals surface area (Å²) in [6.07, 6.45) is 2.37. The maximum Gasteiger partial charge on any atom is 0.0547 e. The Hall–Kier alpha value is -0.930. The van der Waals surface area contributed by atoms with Crippen LogP contribution in [0.5, 0.6) is 0 Å². The fourth-order valence-corrected chi connectivity index (χ4v) is 2.03. The van der Waals surface area contributed by atoms with Crippen LogP contribution < -0.4 is 5.73 Å². The minimum absolute atomic E-state index is 0.516. The highest BCUT2D eigenvalue weighted by Gasteiger charge is 2.11. The molecular formula is C13H23N3. The molecule has 1 rings (SSSR count). The summed E-state index contributed by atoms with van der Waals surface area (Å²) in [5.41, 5.74) is 7.66. The molecule has 0 atom stereocenters. The zero-order chi connectivity index (χ0) is 12.0. The molecule has 0 radical (unpaired) electrons. The average Bonchev–Trinajstić information content (AvgIpc) is 2.31. The van der Waals surface area contributed by atoms with E-state index >= 15 is 0 Å². The summed E-state index contributed by atoms with van der Waals surface area (Å²) in [7, 11) is 2.16. The molecule has 0 saturated heterocycles. The highest BCUT2D eigenvalue weighted by molar-refractivity contribution is 5.11. The third kappa shape index (κ3) is 3.58. The van der Waals surface area contributed by atoms with E-state index in [1.807, 2.05) is 12.1 Å². The van der Waals surface area contributed by atoms with E-state index in [4.69, 9.17) is 5.73 Å². The molecular weight excluding hydrogens is 198 g/mol. The van der Waals surface area contributed by atoms with Gasteiger partial charge in [0.05, 0.1) is 11.4 Å². The van der Waals surface area contributed by atoms with Gasteiger partial charge in [-0.25, -0.2) is 0 Å². The van der Waals surface area contributed by atoms with Crippen LogP contribution in [0.3, 0.4) is 0 Å². The highest BCUT2D eigenvalue weighted by Crippen LogP contribution is 2.10. The number of pyridine rings is 1. The SMILES string of the molecule is CCC(CC)N(C)Cc1cccc(CN)n1. The molecule has 0 amide bonds. The highest BCUT2D eigenvalue weighted by atomic mass is 15.1. The summed E-state index contributed by atoms with van der Waals surface area (Å²) in [5, 5.41) is 0. The Balaban J connectivity index is 2.64. The van der Waals surface area contributed by atoms with Crippen LogP contribution in [0, 0.1) is 0 Å². The average molecular weight is 221 g/mol. The van der Waals surface area contributed by atoms with Gasteiger partial charge in [0, 0.05) is 19.1 Å². The Morgan fingerprint density at radius 3 is 2.44 bits per heavy atom. The van der Waals surface area contributed by atoms with Crippen LogP contribution in [0.1, 0.15) is 38.1 Å².